The summed E-state index contributed by atoms with van der Waals surface area (Å²) in [6, 6.07) is 0. The molecule has 0 N–H and O–H groups in total. The third-order valence-corrected chi connectivity index (χ3v) is 4.46. The van der Waals surface area contributed by atoms with E-state index in [1.165, 1.54) is 22.5 Å². The third kappa shape index (κ3) is 4.17. The first-order valence-corrected chi connectivity index (χ1v) is 9.28. The van der Waals surface area contributed by atoms with Gasteiger partial charge in [-0.05, 0) is 45.3 Å². The second-order valence-electron chi connectivity index (χ2n) is 10.0. The van der Waals surface area contributed by atoms with Crippen LogP contribution in [0.25, 0.3) is 0 Å². The van der Waals surface area contributed by atoms with E-state index in [9.17, 15) is 0 Å². The average Bonchev–Trinajstić information content (AvgIpc) is 2.33. The van der Waals surface area contributed by atoms with Crippen molar-refractivity contribution in [3.05, 3.63) is 28.1 Å². The van der Waals surface area contributed by atoms with Gasteiger partial charge in [0.1, 0.15) is 0 Å². The zero-order valence-corrected chi connectivity index (χ0v) is 17.7. The Kier molecular flexibility index (Phi) is 5.77. The quantitative estimate of drug-likeness (QED) is 0.582. The summed E-state index contributed by atoms with van der Waals surface area (Å²) in [5.74, 6) is 1.40. The lowest BCUT2D eigenvalue weighted by Crippen LogP contribution is -2.29. The fourth-order valence-corrected chi connectivity index (χ4v) is 3.62. The molecule has 0 aliphatic rings. The lowest BCUT2D eigenvalue weighted by Gasteiger charge is -2.37. The van der Waals surface area contributed by atoms with Crippen molar-refractivity contribution in [3.8, 4) is 0 Å². The molecule has 0 spiro atoms. The minimum Gasteiger partial charge on any atom is -0.257 e. The van der Waals surface area contributed by atoms with Gasteiger partial charge in [-0.15, -0.1) is 0 Å². The van der Waals surface area contributed by atoms with Crippen molar-refractivity contribution in [1.29, 1.82) is 0 Å². The topological polar surface area (TPSA) is 12.9 Å². The molecule has 0 aliphatic carbocycles. The molecule has 0 atom stereocenters. The van der Waals surface area contributed by atoms with E-state index in [2.05, 4.69) is 83.1 Å². The van der Waals surface area contributed by atoms with Crippen LogP contribution in [0, 0.1) is 0 Å². The first-order valence-electron chi connectivity index (χ1n) is 9.28. The van der Waals surface area contributed by atoms with Crippen molar-refractivity contribution < 1.29 is 0 Å². The van der Waals surface area contributed by atoms with Crippen molar-refractivity contribution in [2.24, 2.45) is 0 Å². The van der Waals surface area contributed by atoms with Crippen LogP contribution in [-0.2, 0) is 10.8 Å². The van der Waals surface area contributed by atoms with Crippen LogP contribution in [0.4, 0.5) is 0 Å². The maximum Gasteiger partial charge on any atom is 0.0472 e. The van der Waals surface area contributed by atoms with Crippen molar-refractivity contribution in [1.82, 2.24) is 4.98 Å². The van der Waals surface area contributed by atoms with Crippen LogP contribution in [0.2, 0.25) is 0 Å². The summed E-state index contributed by atoms with van der Waals surface area (Å²) in [6.07, 6.45) is 0. The highest BCUT2D eigenvalue weighted by molar-refractivity contribution is 5.50. The molecule has 0 unspecified atom stereocenters. The summed E-state index contributed by atoms with van der Waals surface area (Å²) in [4.78, 5) is 5.23. The number of pyridine rings is 1. The second-order valence-corrected chi connectivity index (χ2v) is 10.0. The Labute approximate surface area is 145 Å². The average molecular weight is 318 g/mol. The highest BCUT2D eigenvalue weighted by atomic mass is 14.8. The highest BCUT2D eigenvalue weighted by Gasteiger charge is 2.34. The Balaban J connectivity index is 4.12. The van der Waals surface area contributed by atoms with E-state index in [0.29, 0.717) is 17.8 Å². The predicted molar refractivity (Wildman–Crippen MR) is 104 cm³/mol. The number of nitrogens with zero attached hydrogens (tertiary/aromatic N) is 1. The van der Waals surface area contributed by atoms with Gasteiger partial charge in [-0.2, -0.15) is 0 Å². The van der Waals surface area contributed by atoms with Gasteiger partial charge in [0, 0.05) is 11.4 Å². The zero-order chi connectivity index (χ0) is 18.3. The summed E-state index contributed by atoms with van der Waals surface area (Å²) in [6.45, 7) is 27.8. The van der Waals surface area contributed by atoms with Gasteiger partial charge in [-0.25, -0.2) is 0 Å². The highest BCUT2D eigenvalue weighted by Crippen LogP contribution is 2.44. The van der Waals surface area contributed by atoms with Crippen LogP contribution in [0.15, 0.2) is 0 Å². The van der Waals surface area contributed by atoms with E-state index in [1.807, 2.05) is 0 Å². The Morgan fingerprint density at radius 3 is 1.22 bits per heavy atom. The summed E-state index contributed by atoms with van der Waals surface area (Å²) < 4.78 is 0. The lowest BCUT2D eigenvalue weighted by atomic mass is 9.69. The molecule has 0 amide bonds. The molecular formula is C22H39N. The number of rotatable bonds is 3. The monoisotopic (exact) mass is 317 g/mol. The zero-order valence-electron chi connectivity index (χ0n) is 17.7. The van der Waals surface area contributed by atoms with Gasteiger partial charge in [0.05, 0.1) is 0 Å². The first-order chi connectivity index (χ1) is 10.2. The van der Waals surface area contributed by atoms with Gasteiger partial charge in [0.15, 0.2) is 0 Å². The van der Waals surface area contributed by atoms with E-state index in [-0.39, 0.29) is 10.8 Å². The molecule has 1 heteroatoms. The Morgan fingerprint density at radius 1 is 0.565 bits per heavy atom. The number of aromatic nitrogens is 1. The van der Waals surface area contributed by atoms with Gasteiger partial charge in [0.2, 0.25) is 0 Å². The lowest BCUT2D eigenvalue weighted by molar-refractivity contribution is 0.502. The first kappa shape index (κ1) is 20.2. The van der Waals surface area contributed by atoms with E-state index >= 15 is 0 Å². The van der Waals surface area contributed by atoms with Crippen molar-refractivity contribution >= 4 is 0 Å². The van der Waals surface area contributed by atoms with Gasteiger partial charge in [-0.3, -0.25) is 4.98 Å². The van der Waals surface area contributed by atoms with Gasteiger partial charge < -0.3 is 0 Å². The molecule has 132 valence electrons. The fraction of sp³-hybridized carbons (Fsp3) is 0.773. The maximum absolute atomic E-state index is 5.23. The summed E-state index contributed by atoms with van der Waals surface area (Å²) in [5.41, 5.74) is 7.35. The smallest absolute Gasteiger partial charge is 0.0472 e. The molecule has 0 saturated heterocycles. The summed E-state index contributed by atoms with van der Waals surface area (Å²) in [5, 5.41) is 0. The molecule has 0 radical (unpaired) electrons. The molecule has 0 bridgehead atoms. The Bertz CT molecular complexity index is 549. The summed E-state index contributed by atoms with van der Waals surface area (Å²) in [7, 11) is 0. The fourth-order valence-electron chi connectivity index (χ4n) is 3.62. The number of hydrogen-bond acceptors (Lipinski definition) is 1. The molecule has 1 rings (SSSR count). The maximum atomic E-state index is 5.23. The Hall–Kier alpha value is -0.850. The number of hydrogen-bond donors (Lipinski definition) is 0. The predicted octanol–water partition coefficient (Wildman–Crippen LogP) is 7.05. The van der Waals surface area contributed by atoms with Crippen LogP contribution >= 0.6 is 0 Å². The van der Waals surface area contributed by atoms with E-state index < -0.39 is 0 Å². The van der Waals surface area contributed by atoms with Crippen molar-refractivity contribution in [2.45, 2.75) is 112 Å². The third-order valence-electron chi connectivity index (χ3n) is 4.46. The van der Waals surface area contributed by atoms with Gasteiger partial charge in [0.25, 0.3) is 0 Å². The molecule has 1 heterocycles. The largest absolute Gasteiger partial charge is 0.257 e. The normalized spacial score (nSPS) is 13.5. The molecule has 0 aromatic carbocycles. The van der Waals surface area contributed by atoms with Crippen LogP contribution in [-0.4, -0.2) is 4.98 Å². The standard InChI is InChI=1S/C22H39N/c1-13(2)16-17(21(7,8)9)18(22(10,11)12)20(15(5)6)23-19(16)14(3)4/h13-15H,1-12H3. The summed E-state index contributed by atoms with van der Waals surface area (Å²) >= 11 is 0. The van der Waals surface area contributed by atoms with E-state index in [4.69, 9.17) is 4.98 Å². The van der Waals surface area contributed by atoms with Crippen LogP contribution in [0.1, 0.15) is 129 Å². The van der Waals surface area contributed by atoms with Crippen molar-refractivity contribution in [2.75, 3.05) is 0 Å². The molecular weight excluding hydrogens is 278 g/mol. The Morgan fingerprint density at radius 2 is 0.957 bits per heavy atom. The molecule has 1 aromatic heterocycles. The van der Waals surface area contributed by atoms with E-state index in [1.54, 1.807) is 5.56 Å². The van der Waals surface area contributed by atoms with Crippen LogP contribution in [0.3, 0.4) is 0 Å². The van der Waals surface area contributed by atoms with Gasteiger partial charge in [-0.1, -0.05) is 83.1 Å². The van der Waals surface area contributed by atoms with Crippen LogP contribution in [0.5, 0.6) is 0 Å². The molecule has 0 fully saturated rings. The molecule has 0 saturated carbocycles. The minimum atomic E-state index is 0.106. The SMILES string of the molecule is CC(C)c1nc(C(C)C)c(C(C)(C)C)c(C(C)(C)C)c1C(C)C. The molecule has 1 nitrogen and oxygen atoms in total. The van der Waals surface area contributed by atoms with Gasteiger partial charge >= 0.3 is 0 Å². The van der Waals surface area contributed by atoms with E-state index in [0.717, 1.165) is 0 Å². The van der Waals surface area contributed by atoms with Crippen LogP contribution < -0.4 is 0 Å². The minimum absolute atomic E-state index is 0.106. The second kappa shape index (κ2) is 6.57. The van der Waals surface area contributed by atoms with Crippen molar-refractivity contribution in [3.63, 3.8) is 0 Å². The molecule has 1 aromatic rings. The molecule has 0 aliphatic heterocycles. The molecule has 23 heavy (non-hydrogen) atoms.